The zero-order chi connectivity index (χ0) is 13.7. The lowest BCUT2D eigenvalue weighted by Gasteiger charge is -2.33. The quantitative estimate of drug-likeness (QED) is 0.884. The topological polar surface area (TPSA) is 23.5 Å². The van der Waals surface area contributed by atoms with E-state index in [1.807, 2.05) is 12.1 Å². The number of rotatable bonds is 5. The summed E-state index contributed by atoms with van der Waals surface area (Å²) in [5.74, 6) is 0.921. The highest BCUT2D eigenvalue weighted by molar-refractivity contribution is 5.15. The van der Waals surface area contributed by atoms with E-state index in [0.29, 0.717) is 11.8 Å². The molecule has 1 aromatic rings. The zero-order valence-electron chi connectivity index (χ0n) is 11.7. The van der Waals surface area contributed by atoms with Gasteiger partial charge in [-0.25, -0.2) is 4.39 Å². The molecule has 2 unspecified atom stereocenters. The molecule has 0 radical (unpaired) electrons. The first-order chi connectivity index (χ1) is 9.17. The van der Waals surface area contributed by atoms with Crippen molar-refractivity contribution < 1.29 is 9.50 Å². The summed E-state index contributed by atoms with van der Waals surface area (Å²) in [6, 6.07) is 6.81. The van der Waals surface area contributed by atoms with Crippen LogP contribution in [0.1, 0.15) is 31.7 Å². The van der Waals surface area contributed by atoms with E-state index >= 15 is 0 Å². The Labute approximate surface area is 115 Å². The summed E-state index contributed by atoms with van der Waals surface area (Å²) in [5.41, 5.74) is 1.18. The molecule has 0 aliphatic carbocycles. The van der Waals surface area contributed by atoms with Gasteiger partial charge in [0.05, 0.1) is 0 Å². The fourth-order valence-corrected chi connectivity index (χ4v) is 2.98. The van der Waals surface area contributed by atoms with Gasteiger partial charge in [0.2, 0.25) is 0 Å². The Morgan fingerprint density at radius 2 is 2.11 bits per heavy atom. The number of halogens is 1. The van der Waals surface area contributed by atoms with Gasteiger partial charge in [0.1, 0.15) is 5.82 Å². The van der Waals surface area contributed by atoms with Crippen LogP contribution in [0.3, 0.4) is 0 Å². The van der Waals surface area contributed by atoms with Gasteiger partial charge in [-0.3, -0.25) is 4.90 Å². The molecule has 1 aliphatic rings. The smallest absolute Gasteiger partial charge is 0.123 e. The average Bonchev–Trinajstić information content (AvgIpc) is 2.42. The van der Waals surface area contributed by atoms with Crippen molar-refractivity contribution in [3.05, 3.63) is 35.6 Å². The van der Waals surface area contributed by atoms with Crippen molar-refractivity contribution in [2.75, 3.05) is 19.7 Å². The summed E-state index contributed by atoms with van der Waals surface area (Å²) in [4.78, 5) is 2.45. The molecule has 0 bridgehead atoms. The summed E-state index contributed by atoms with van der Waals surface area (Å²) >= 11 is 0. The third kappa shape index (κ3) is 4.59. The molecular formula is C16H24FNO. The maximum Gasteiger partial charge on any atom is 0.123 e. The summed E-state index contributed by atoms with van der Waals surface area (Å²) in [6.07, 6.45) is 3.60. The predicted octanol–water partition coefficient (Wildman–Crippen LogP) is 3.06. The van der Waals surface area contributed by atoms with E-state index in [-0.39, 0.29) is 12.4 Å². The Hall–Kier alpha value is -0.930. The number of nitrogens with zero attached hydrogens (tertiary/aromatic N) is 1. The van der Waals surface area contributed by atoms with Gasteiger partial charge in [0, 0.05) is 19.7 Å². The van der Waals surface area contributed by atoms with Crippen molar-refractivity contribution in [3.63, 3.8) is 0 Å². The molecule has 106 valence electrons. The lowest BCUT2D eigenvalue weighted by Crippen LogP contribution is -2.35. The van der Waals surface area contributed by atoms with E-state index in [4.69, 9.17) is 5.11 Å². The number of likely N-dealkylation sites (tertiary alicyclic amines) is 1. The number of hydrogen-bond donors (Lipinski definition) is 1. The largest absolute Gasteiger partial charge is 0.396 e. The Morgan fingerprint density at radius 1 is 1.37 bits per heavy atom. The molecule has 1 fully saturated rings. The molecule has 0 aromatic heterocycles. The van der Waals surface area contributed by atoms with Gasteiger partial charge in [0.25, 0.3) is 0 Å². The molecule has 2 nitrogen and oxygen atoms in total. The third-order valence-electron chi connectivity index (χ3n) is 3.97. The minimum atomic E-state index is -0.169. The van der Waals surface area contributed by atoms with Crippen LogP contribution in [0.25, 0.3) is 0 Å². The van der Waals surface area contributed by atoms with Gasteiger partial charge in [-0.2, -0.15) is 0 Å². The Morgan fingerprint density at radius 3 is 2.79 bits per heavy atom. The molecule has 1 aliphatic heterocycles. The van der Waals surface area contributed by atoms with Crippen LogP contribution < -0.4 is 0 Å². The minimum Gasteiger partial charge on any atom is -0.396 e. The summed E-state index contributed by atoms with van der Waals surface area (Å²) < 4.78 is 12.9. The Kier molecular flexibility index (Phi) is 5.34. The zero-order valence-corrected chi connectivity index (χ0v) is 11.7. The SMILES string of the molecule is CC(CO)CC1CCCN(Cc2ccc(F)cc2)C1. The lowest BCUT2D eigenvalue weighted by molar-refractivity contribution is 0.134. The molecule has 1 saturated heterocycles. The van der Waals surface area contributed by atoms with Crippen molar-refractivity contribution >= 4 is 0 Å². The minimum absolute atomic E-state index is 0.169. The molecule has 0 saturated carbocycles. The maximum atomic E-state index is 12.9. The van der Waals surface area contributed by atoms with E-state index < -0.39 is 0 Å². The van der Waals surface area contributed by atoms with Crippen LogP contribution in [-0.4, -0.2) is 29.7 Å². The number of benzene rings is 1. The van der Waals surface area contributed by atoms with E-state index in [2.05, 4.69) is 11.8 Å². The molecule has 2 rings (SSSR count). The van der Waals surface area contributed by atoms with Crippen molar-refractivity contribution in [1.29, 1.82) is 0 Å². The normalized spacial score (nSPS) is 22.4. The van der Waals surface area contributed by atoms with Crippen molar-refractivity contribution in [2.24, 2.45) is 11.8 Å². The first kappa shape index (κ1) is 14.5. The van der Waals surface area contributed by atoms with Crippen LogP contribution in [-0.2, 0) is 6.54 Å². The summed E-state index contributed by atoms with van der Waals surface area (Å²) in [7, 11) is 0. The fraction of sp³-hybridized carbons (Fsp3) is 0.625. The second-order valence-corrected chi connectivity index (χ2v) is 5.89. The summed E-state index contributed by atoms with van der Waals surface area (Å²) in [6.45, 7) is 5.53. The molecule has 3 heteroatoms. The number of aliphatic hydroxyl groups is 1. The van der Waals surface area contributed by atoms with Gasteiger partial charge in [-0.1, -0.05) is 19.1 Å². The van der Waals surface area contributed by atoms with Crippen LogP contribution in [0.2, 0.25) is 0 Å². The molecular weight excluding hydrogens is 241 g/mol. The first-order valence-corrected chi connectivity index (χ1v) is 7.25. The highest BCUT2D eigenvalue weighted by atomic mass is 19.1. The third-order valence-corrected chi connectivity index (χ3v) is 3.97. The fourth-order valence-electron chi connectivity index (χ4n) is 2.98. The Balaban J connectivity index is 1.85. The highest BCUT2D eigenvalue weighted by Gasteiger charge is 2.21. The lowest BCUT2D eigenvalue weighted by atomic mass is 9.89. The van der Waals surface area contributed by atoms with Crippen LogP contribution in [0.5, 0.6) is 0 Å². The number of hydrogen-bond acceptors (Lipinski definition) is 2. The van der Waals surface area contributed by atoms with Crippen LogP contribution >= 0.6 is 0 Å². The highest BCUT2D eigenvalue weighted by Crippen LogP contribution is 2.24. The molecule has 19 heavy (non-hydrogen) atoms. The van der Waals surface area contributed by atoms with Gasteiger partial charge in [-0.15, -0.1) is 0 Å². The van der Waals surface area contributed by atoms with Crippen LogP contribution in [0.4, 0.5) is 4.39 Å². The number of aliphatic hydroxyl groups excluding tert-OH is 1. The van der Waals surface area contributed by atoms with Crippen molar-refractivity contribution in [2.45, 2.75) is 32.7 Å². The molecule has 1 N–H and O–H groups in total. The van der Waals surface area contributed by atoms with Gasteiger partial charge >= 0.3 is 0 Å². The van der Waals surface area contributed by atoms with E-state index in [1.54, 1.807) is 0 Å². The average molecular weight is 265 g/mol. The van der Waals surface area contributed by atoms with Crippen LogP contribution in [0, 0.1) is 17.7 Å². The monoisotopic (exact) mass is 265 g/mol. The Bertz CT molecular complexity index is 379. The maximum absolute atomic E-state index is 12.9. The second kappa shape index (κ2) is 7.01. The van der Waals surface area contributed by atoms with E-state index in [9.17, 15) is 4.39 Å². The molecule has 0 spiro atoms. The van der Waals surface area contributed by atoms with Crippen molar-refractivity contribution in [3.8, 4) is 0 Å². The van der Waals surface area contributed by atoms with E-state index in [0.717, 1.165) is 26.1 Å². The second-order valence-electron chi connectivity index (χ2n) is 5.89. The van der Waals surface area contributed by atoms with Gasteiger partial charge in [0.15, 0.2) is 0 Å². The van der Waals surface area contributed by atoms with Gasteiger partial charge < -0.3 is 5.11 Å². The first-order valence-electron chi connectivity index (χ1n) is 7.25. The summed E-state index contributed by atoms with van der Waals surface area (Å²) in [5, 5.41) is 9.14. The predicted molar refractivity (Wildman–Crippen MR) is 75.3 cm³/mol. The van der Waals surface area contributed by atoms with Gasteiger partial charge in [-0.05, 0) is 55.3 Å². The standard InChI is InChI=1S/C16H24FNO/c1-13(12-19)9-15-3-2-8-18(11-15)10-14-4-6-16(17)7-5-14/h4-7,13,15,19H,2-3,8-12H2,1H3. The number of piperidine rings is 1. The molecule has 0 amide bonds. The molecule has 1 heterocycles. The van der Waals surface area contributed by atoms with E-state index in [1.165, 1.54) is 30.5 Å². The van der Waals surface area contributed by atoms with Crippen LogP contribution in [0.15, 0.2) is 24.3 Å². The van der Waals surface area contributed by atoms with Crippen molar-refractivity contribution in [1.82, 2.24) is 4.90 Å². The molecule has 2 atom stereocenters. The molecule has 1 aromatic carbocycles.